The molecule has 210 valence electrons. The van der Waals surface area contributed by atoms with Crippen LogP contribution < -0.4 is 20.5 Å². The fourth-order valence-electron chi connectivity index (χ4n) is 4.84. The first kappa shape index (κ1) is 26.6. The molecule has 8 nitrogen and oxygen atoms in total. The Morgan fingerprint density at radius 2 is 1.95 bits per heavy atom. The van der Waals surface area contributed by atoms with E-state index >= 15 is 4.39 Å². The summed E-state index contributed by atoms with van der Waals surface area (Å²) in [6.45, 7) is 2.45. The molecule has 2 aliphatic rings. The van der Waals surface area contributed by atoms with Gasteiger partial charge in [0, 0.05) is 28.3 Å². The molecule has 0 unspecified atom stereocenters. The first-order valence-corrected chi connectivity index (χ1v) is 13.3. The van der Waals surface area contributed by atoms with Crippen molar-refractivity contribution in [1.82, 2.24) is 15.3 Å². The molecule has 0 bridgehead atoms. The summed E-state index contributed by atoms with van der Waals surface area (Å²) in [5.41, 5.74) is 4.36. The molecule has 10 heteroatoms. The van der Waals surface area contributed by atoms with Crippen LogP contribution in [0.25, 0.3) is 22.2 Å². The van der Waals surface area contributed by atoms with Crippen molar-refractivity contribution in [2.24, 2.45) is 5.73 Å². The van der Waals surface area contributed by atoms with Crippen LogP contribution in [-0.2, 0) is 15.9 Å². The summed E-state index contributed by atoms with van der Waals surface area (Å²) in [7, 11) is 0. The maximum absolute atomic E-state index is 16.4. The van der Waals surface area contributed by atoms with Crippen molar-refractivity contribution in [2.45, 2.75) is 43.9 Å². The lowest BCUT2D eigenvalue weighted by Gasteiger charge is -2.24. The van der Waals surface area contributed by atoms with E-state index in [2.05, 4.69) is 15.3 Å². The molecule has 1 saturated carbocycles. The molecular weight excluding hydrogens is 530 g/mol. The predicted octanol–water partition coefficient (Wildman–Crippen LogP) is 4.73. The fourth-order valence-corrected chi connectivity index (χ4v) is 4.84. The van der Waals surface area contributed by atoms with E-state index in [0.29, 0.717) is 28.0 Å². The Hall–Kier alpha value is -4.60. The van der Waals surface area contributed by atoms with Gasteiger partial charge in [0.05, 0.1) is 18.3 Å². The summed E-state index contributed by atoms with van der Waals surface area (Å²) < 4.78 is 41.8. The van der Waals surface area contributed by atoms with Gasteiger partial charge >= 0.3 is 0 Å². The molecule has 2 amide bonds. The first-order valence-electron chi connectivity index (χ1n) is 13.3. The lowest BCUT2D eigenvalue weighted by Crippen LogP contribution is -2.40. The molecule has 1 fully saturated rings. The summed E-state index contributed by atoms with van der Waals surface area (Å²) >= 11 is 0. The third-order valence-electron chi connectivity index (χ3n) is 7.60. The van der Waals surface area contributed by atoms with Gasteiger partial charge in [-0.1, -0.05) is 6.07 Å². The number of hydrogen-bond donors (Lipinski definition) is 2. The van der Waals surface area contributed by atoms with Gasteiger partial charge in [0.2, 0.25) is 5.91 Å². The monoisotopic (exact) mass is 558 g/mol. The molecule has 2 aromatic heterocycles. The van der Waals surface area contributed by atoms with Gasteiger partial charge < -0.3 is 20.5 Å². The van der Waals surface area contributed by atoms with Gasteiger partial charge in [-0.15, -0.1) is 0 Å². The highest BCUT2D eigenvalue weighted by molar-refractivity contribution is 6.00. The second-order valence-corrected chi connectivity index (χ2v) is 11.0. The van der Waals surface area contributed by atoms with Crippen LogP contribution >= 0.6 is 0 Å². The Kier molecular flexibility index (Phi) is 6.36. The molecule has 41 heavy (non-hydrogen) atoms. The topological polar surface area (TPSA) is 116 Å². The lowest BCUT2D eigenvalue weighted by molar-refractivity contribution is -0.123. The van der Waals surface area contributed by atoms with Crippen molar-refractivity contribution >= 4 is 22.7 Å². The van der Waals surface area contributed by atoms with Crippen LogP contribution in [0, 0.1) is 5.82 Å². The van der Waals surface area contributed by atoms with E-state index in [4.69, 9.17) is 15.2 Å². The smallest absolute Gasteiger partial charge is 0.251 e. The number of rotatable bonds is 8. The highest BCUT2D eigenvalue weighted by Crippen LogP contribution is 2.46. The zero-order chi connectivity index (χ0) is 28.9. The Balaban J connectivity index is 1.32. The Morgan fingerprint density at radius 1 is 1.20 bits per heavy atom. The Labute approximate surface area is 234 Å². The standard InChI is InChI=1S/C31H28F2N4O4/c1-30(29(34)39)16-40-27-22(30)14-24(37-26(27)17-5-7-20(32)8-6-17)31(2,33)15-36-28(38)19-12-18-4-3-11-35-25(18)23(13-19)41-21-9-10-21/h3-8,11-14,21H,9-10,15-16H2,1-2H3,(H2,34,39)(H,36,38)/t30-,31+/m0/s1. The number of hydrogen-bond acceptors (Lipinski definition) is 6. The van der Waals surface area contributed by atoms with Crippen LogP contribution in [-0.4, -0.2) is 41.0 Å². The summed E-state index contributed by atoms with van der Waals surface area (Å²) in [6.07, 6.45) is 3.65. The van der Waals surface area contributed by atoms with Crippen LogP contribution in [0.3, 0.4) is 0 Å². The van der Waals surface area contributed by atoms with E-state index in [-0.39, 0.29) is 29.8 Å². The van der Waals surface area contributed by atoms with Gasteiger partial charge in [-0.25, -0.2) is 13.8 Å². The number of aromatic nitrogens is 2. The third-order valence-corrected chi connectivity index (χ3v) is 7.60. The largest absolute Gasteiger partial charge is 0.489 e. The molecule has 0 radical (unpaired) electrons. The van der Waals surface area contributed by atoms with Crippen molar-refractivity contribution in [3.63, 3.8) is 0 Å². The highest BCUT2D eigenvalue weighted by atomic mass is 19.1. The van der Waals surface area contributed by atoms with Crippen molar-refractivity contribution in [1.29, 1.82) is 0 Å². The van der Waals surface area contributed by atoms with Gasteiger partial charge in [0.25, 0.3) is 5.91 Å². The number of nitrogens with two attached hydrogens (primary N) is 1. The average Bonchev–Trinajstić information content (AvgIpc) is 3.71. The molecule has 0 saturated heterocycles. The zero-order valence-corrected chi connectivity index (χ0v) is 22.5. The summed E-state index contributed by atoms with van der Waals surface area (Å²) in [5, 5.41) is 3.40. The second-order valence-electron chi connectivity index (χ2n) is 11.0. The third kappa shape index (κ3) is 4.94. The number of nitrogens with one attached hydrogen (secondary N) is 1. The number of amides is 2. The summed E-state index contributed by atoms with van der Waals surface area (Å²) in [4.78, 5) is 34.6. The molecular formula is C31H28F2N4O4. The van der Waals surface area contributed by atoms with Gasteiger partial charge in [0.1, 0.15) is 40.5 Å². The molecule has 2 atom stereocenters. The van der Waals surface area contributed by atoms with Crippen LogP contribution in [0.5, 0.6) is 11.5 Å². The van der Waals surface area contributed by atoms with Crippen LogP contribution in [0.2, 0.25) is 0 Å². The first-order chi connectivity index (χ1) is 19.5. The Morgan fingerprint density at radius 3 is 2.66 bits per heavy atom. The summed E-state index contributed by atoms with van der Waals surface area (Å²) in [6, 6.07) is 13.9. The maximum atomic E-state index is 16.4. The minimum absolute atomic E-state index is 0.0330. The van der Waals surface area contributed by atoms with Crippen molar-refractivity contribution < 1.29 is 27.8 Å². The van der Waals surface area contributed by atoms with Crippen molar-refractivity contribution in [3.8, 4) is 22.8 Å². The quantitative estimate of drug-likeness (QED) is 0.323. The molecule has 3 N–H and O–H groups in total. The van der Waals surface area contributed by atoms with Gasteiger partial charge in [0.15, 0.2) is 5.67 Å². The summed E-state index contributed by atoms with van der Waals surface area (Å²) in [5.74, 6) is -0.784. The van der Waals surface area contributed by atoms with E-state index in [9.17, 15) is 14.0 Å². The number of ether oxygens (including phenoxy) is 2. The fraction of sp³-hybridized carbons (Fsp3) is 0.290. The number of primary amides is 1. The maximum Gasteiger partial charge on any atom is 0.251 e. The minimum atomic E-state index is -2.16. The number of fused-ring (bicyclic) bond motifs is 2. The van der Waals surface area contributed by atoms with Crippen molar-refractivity contribution in [2.75, 3.05) is 13.2 Å². The SMILES string of the molecule is C[C@@](F)(CNC(=O)c1cc(OC2CC2)c2ncccc2c1)c1cc2c(c(-c3ccc(F)cc3)n1)OC[C@]2(C)C(N)=O. The number of carbonyl (C=O) groups is 2. The number of halogens is 2. The minimum Gasteiger partial charge on any atom is -0.489 e. The van der Waals surface area contributed by atoms with E-state index in [1.807, 2.05) is 6.07 Å². The highest BCUT2D eigenvalue weighted by Gasteiger charge is 2.45. The number of carbonyl (C=O) groups excluding carboxylic acids is 2. The van der Waals surface area contributed by atoms with Crippen LogP contribution in [0.4, 0.5) is 8.78 Å². The van der Waals surface area contributed by atoms with Crippen LogP contribution in [0.15, 0.2) is 60.8 Å². The van der Waals surface area contributed by atoms with Gasteiger partial charge in [-0.05, 0) is 75.2 Å². The lowest BCUT2D eigenvalue weighted by atomic mass is 9.82. The van der Waals surface area contributed by atoms with E-state index < -0.39 is 35.3 Å². The molecule has 6 rings (SSSR count). The van der Waals surface area contributed by atoms with Crippen LogP contribution in [0.1, 0.15) is 48.3 Å². The zero-order valence-electron chi connectivity index (χ0n) is 22.5. The predicted molar refractivity (Wildman–Crippen MR) is 148 cm³/mol. The number of pyridine rings is 2. The molecule has 0 spiro atoms. The second kappa shape index (κ2) is 9.79. The molecule has 3 heterocycles. The van der Waals surface area contributed by atoms with Gasteiger partial charge in [-0.2, -0.15) is 0 Å². The van der Waals surface area contributed by atoms with E-state index in [0.717, 1.165) is 18.2 Å². The number of alkyl halides is 1. The average molecular weight is 559 g/mol. The van der Waals surface area contributed by atoms with E-state index in [1.165, 1.54) is 37.3 Å². The molecule has 1 aliphatic carbocycles. The molecule has 1 aliphatic heterocycles. The van der Waals surface area contributed by atoms with Crippen molar-refractivity contribution in [3.05, 3.63) is 83.4 Å². The Bertz CT molecular complexity index is 1690. The molecule has 4 aromatic rings. The number of nitrogens with zero attached hydrogens (tertiary/aromatic N) is 2. The van der Waals surface area contributed by atoms with E-state index in [1.54, 1.807) is 31.3 Å². The molecule has 2 aromatic carbocycles. The number of benzene rings is 2. The normalized spacial score (nSPS) is 19.2. The van der Waals surface area contributed by atoms with Gasteiger partial charge in [-0.3, -0.25) is 14.6 Å².